The molecule has 4 aliphatic rings. The van der Waals surface area contributed by atoms with Crippen LogP contribution in [0.25, 0.3) is 0 Å². The van der Waals surface area contributed by atoms with Crippen LogP contribution in [0.5, 0.6) is 5.75 Å². The third-order valence-electron chi connectivity index (χ3n) is 9.39. The number of hydrogen-bond acceptors (Lipinski definition) is 6. The Morgan fingerprint density at radius 1 is 0.952 bits per heavy atom. The highest BCUT2D eigenvalue weighted by atomic mass is 32.2. The fourth-order valence-corrected chi connectivity index (χ4v) is 9.08. The molecule has 4 aliphatic heterocycles. The van der Waals surface area contributed by atoms with Crippen molar-refractivity contribution >= 4 is 40.9 Å². The molecule has 0 saturated carbocycles. The fraction of sp³-hybridized carbons (Fsp3) is 0.424. The van der Waals surface area contributed by atoms with Gasteiger partial charge in [0.05, 0.1) is 36.3 Å². The lowest BCUT2D eigenvalue weighted by atomic mass is 9.78. The summed E-state index contributed by atoms with van der Waals surface area (Å²) in [4.78, 5) is 48.8. The molecule has 4 heterocycles. The highest BCUT2D eigenvalue weighted by Gasteiger charge is 2.72. The largest absolute Gasteiger partial charge is 0.497 e. The molecule has 2 fully saturated rings. The molecule has 2 saturated heterocycles. The van der Waals surface area contributed by atoms with Crippen LogP contribution >= 0.6 is 11.8 Å². The maximum absolute atomic E-state index is 14.7. The van der Waals surface area contributed by atoms with Gasteiger partial charge in [-0.2, -0.15) is 0 Å². The molecule has 2 aromatic carbocycles. The first-order chi connectivity index (χ1) is 20.4. The van der Waals surface area contributed by atoms with Crippen LogP contribution in [0.1, 0.15) is 20.3 Å². The van der Waals surface area contributed by atoms with Crippen LogP contribution in [0.2, 0.25) is 0 Å². The van der Waals surface area contributed by atoms with Crippen molar-refractivity contribution in [1.29, 1.82) is 0 Å². The molecule has 42 heavy (non-hydrogen) atoms. The first kappa shape index (κ1) is 28.6. The van der Waals surface area contributed by atoms with Gasteiger partial charge < -0.3 is 24.5 Å². The number of anilines is 2. The monoisotopic (exact) mass is 587 g/mol. The Labute approximate surface area is 251 Å². The van der Waals surface area contributed by atoms with Gasteiger partial charge in [-0.05, 0) is 42.3 Å². The van der Waals surface area contributed by atoms with Crippen molar-refractivity contribution in [3.63, 3.8) is 0 Å². The smallest absolute Gasteiger partial charge is 0.251 e. The number of carbonyl (C=O) groups excluding carboxylic acids is 3. The van der Waals surface area contributed by atoms with Gasteiger partial charge in [-0.15, -0.1) is 11.8 Å². The predicted octanol–water partition coefficient (Wildman–Crippen LogP) is 3.91. The summed E-state index contributed by atoms with van der Waals surface area (Å²) < 4.78 is 4.37. The van der Waals surface area contributed by atoms with Gasteiger partial charge in [0, 0.05) is 29.7 Å². The molecule has 2 aromatic rings. The minimum Gasteiger partial charge on any atom is -0.497 e. The number of likely N-dealkylation sites (tertiary alicyclic amines) is 1. The van der Waals surface area contributed by atoms with Gasteiger partial charge in [-0.25, -0.2) is 0 Å². The van der Waals surface area contributed by atoms with Crippen molar-refractivity contribution in [1.82, 2.24) is 4.90 Å². The SMILES string of the molecule is CC[C@H](C)[C@H](CO)N1C(=O)[C@@H]2[C@H]3C(=O)N(c4ccccc4)CC=C[C@H]3S[C@@]23C=CCN(c2ccc(OC)cc2)C(=O)C13. The second-order valence-electron chi connectivity index (χ2n) is 11.5. The summed E-state index contributed by atoms with van der Waals surface area (Å²) in [6.45, 7) is 4.51. The number of thioether (sulfide) groups is 1. The van der Waals surface area contributed by atoms with Crippen LogP contribution in [0, 0.1) is 17.8 Å². The average molecular weight is 588 g/mol. The summed E-state index contributed by atoms with van der Waals surface area (Å²) in [6, 6.07) is 15.4. The summed E-state index contributed by atoms with van der Waals surface area (Å²) in [5, 5.41) is 10.4. The number of methoxy groups -OCH3 is 1. The van der Waals surface area contributed by atoms with Gasteiger partial charge >= 0.3 is 0 Å². The summed E-state index contributed by atoms with van der Waals surface area (Å²) in [7, 11) is 1.60. The summed E-state index contributed by atoms with van der Waals surface area (Å²) in [6.07, 6.45) is 8.75. The third-order valence-corrected chi connectivity index (χ3v) is 11.1. The van der Waals surface area contributed by atoms with E-state index in [2.05, 4.69) is 0 Å². The minimum absolute atomic E-state index is 0.0457. The van der Waals surface area contributed by atoms with Crippen LogP contribution < -0.4 is 14.5 Å². The van der Waals surface area contributed by atoms with Crippen molar-refractivity contribution in [2.45, 2.75) is 42.3 Å². The average Bonchev–Trinajstić information content (AvgIpc) is 3.33. The van der Waals surface area contributed by atoms with Gasteiger partial charge in [0.15, 0.2) is 0 Å². The van der Waals surface area contributed by atoms with Gasteiger partial charge in [-0.1, -0.05) is 62.8 Å². The molecule has 1 spiro atoms. The molecule has 0 aliphatic carbocycles. The number of fused-ring (bicyclic) bond motifs is 2. The Morgan fingerprint density at radius 2 is 1.62 bits per heavy atom. The molecule has 8 nitrogen and oxygen atoms in total. The van der Waals surface area contributed by atoms with Crippen molar-refractivity contribution in [2.24, 2.45) is 17.8 Å². The second-order valence-corrected chi connectivity index (χ2v) is 13.0. The maximum Gasteiger partial charge on any atom is 0.251 e. The molecule has 6 rings (SSSR count). The highest BCUT2D eigenvalue weighted by Crippen LogP contribution is 2.61. The summed E-state index contributed by atoms with van der Waals surface area (Å²) in [5.74, 6) is -1.30. The summed E-state index contributed by atoms with van der Waals surface area (Å²) >= 11 is 1.55. The van der Waals surface area contributed by atoms with Crippen LogP contribution in [-0.4, -0.2) is 76.6 Å². The van der Waals surface area contributed by atoms with Gasteiger partial charge in [0.2, 0.25) is 11.8 Å². The van der Waals surface area contributed by atoms with E-state index in [0.29, 0.717) is 24.5 Å². The van der Waals surface area contributed by atoms with Crippen LogP contribution in [0.15, 0.2) is 78.9 Å². The lowest BCUT2D eigenvalue weighted by Crippen LogP contribution is -2.58. The Bertz CT molecular complexity index is 1410. The molecule has 1 N–H and O–H groups in total. The Balaban J connectivity index is 1.47. The van der Waals surface area contributed by atoms with Gasteiger partial charge in [0.1, 0.15) is 11.8 Å². The fourth-order valence-electron chi connectivity index (χ4n) is 7.08. The van der Waals surface area contributed by atoms with E-state index in [9.17, 15) is 19.5 Å². The lowest BCUT2D eigenvalue weighted by molar-refractivity contribution is -0.142. The Hall–Kier alpha value is -3.56. The van der Waals surface area contributed by atoms with E-state index in [1.165, 1.54) is 0 Å². The molecule has 0 aromatic heterocycles. The summed E-state index contributed by atoms with van der Waals surface area (Å²) in [5.41, 5.74) is 1.48. The normalized spacial score (nSPS) is 30.0. The van der Waals surface area contributed by atoms with E-state index < -0.39 is 28.7 Å². The highest BCUT2D eigenvalue weighted by molar-refractivity contribution is 8.02. The zero-order valence-electron chi connectivity index (χ0n) is 24.1. The quantitative estimate of drug-likeness (QED) is 0.495. The Kier molecular flexibility index (Phi) is 7.66. The van der Waals surface area contributed by atoms with Crippen LogP contribution in [0.3, 0.4) is 0 Å². The molecule has 220 valence electrons. The van der Waals surface area contributed by atoms with Gasteiger partial charge in [0.25, 0.3) is 5.91 Å². The second kappa shape index (κ2) is 11.3. The standard InChI is InChI=1S/C33H37N3O5S/c1-4-21(2)25(20-37)36-29-32(40)35(23-13-15-24(41-3)16-14-23)19-9-17-33(29)28(31(36)39)27-26(42-33)12-8-18-34(30(27)38)22-10-6-5-7-11-22/h5-17,21,25-29,37H,4,18-20H2,1-3H3/t21-,25-,26+,27-,28-,29?,33-/m0/s1. The van der Waals surface area contributed by atoms with E-state index in [4.69, 9.17) is 4.74 Å². The molecule has 3 amide bonds. The number of aliphatic hydroxyl groups is 1. The molecule has 0 radical (unpaired) electrons. The van der Waals surface area contributed by atoms with Crippen molar-refractivity contribution in [3.8, 4) is 5.75 Å². The molecular formula is C33H37N3O5S. The molecular weight excluding hydrogens is 550 g/mol. The molecule has 7 atom stereocenters. The van der Waals surface area contributed by atoms with Crippen LogP contribution in [-0.2, 0) is 14.4 Å². The molecule has 1 unspecified atom stereocenters. The van der Waals surface area contributed by atoms with E-state index in [0.717, 1.165) is 12.1 Å². The van der Waals surface area contributed by atoms with E-state index >= 15 is 0 Å². The minimum atomic E-state index is -0.953. The third kappa shape index (κ3) is 4.36. The van der Waals surface area contributed by atoms with Crippen molar-refractivity contribution < 1.29 is 24.2 Å². The predicted molar refractivity (Wildman–Crippen MR) is 164 cm³/mol. The van der Waals surface area contributed by atoms with Crippen LogP contribution in [0.4, 0.5) is 11.4 Å². The van der Waals surface area contributed by atoms with E-state index in [-0.39, 0.29) is 35.5 Å². The first-order valence-electron chi connectivity index (χ1n) is 14.6. The number of nitrogens with zero attached hydrogens (tertiary/aromatic N) is 3. The number of ether oxygens (including phenoxy) is 1. The number of amides is 3. The Morgan fingerprint density at radius 3 is 2.29 bits per heavy atom. The van der Waals surface area contributed by atoms with E-state index in [1.807, 2.05) is 92.7 Å². The lowest BCUT2D eigenvalue weighted by Gasteiger charge is -2.40. The first-order valence-corrected chi connectivity index (χ1v) is 15.5. The topological polar surface area (TPSA) is 90.4 Å². The maximum atomic E-state index is 14.7. The molecule has 9 heteroatoms. The van der Waals surface area contributed by atoms with Gasteiger partial charge in [-0.3, -0.25) is 14.4 Å². The number of para-hydroxylation sites is 1. The number of benzene rings is 2. The zero-order chi connectivity index (χ0) is 29.6. The number of hydrogen-bond donors (Lipinski definition) is 1. The van der Waals surface area contributed by atoms with Crippen molar-refractivity contribution in [3.05, 3.63) is 78.9 Å². The molecule has 0 bridgehead atoms. The number of rotatable bonds is 7. The zero-order valence-corrected chi connectivity index (χ0v) is 24.9. The van der Waals surface area contributed by atoms with Crippen molar-refractivity contribution in [2.75, 3.05) is 36.6 Å². The van der Waals surface area contributed by atoms with E-state index in [1.54, 1.807) is 33.6 Å². The number of carbonyl (C=O) groups is 3. The number of aliphatic hydroxyl groups excluding tert-OH is 1.